The van der Waals surface area contributed by atoms with Crippen LogP contribution in [0.5, 0.6) is 0 Å². The second-order valence-corrected chi connectivity index (χ2v) is 10.4. The first kappa shape index (κ1) is 20.4. The number of benzene rings is 1. The molecule has 1 saturated carbocycles. The lowest BCUT2D eigenvalue weighted by Crippen LogP contribution is -2.43. The van der Waals surface area contributed by atoms with Crippen molar-refractivity contribution in [2.24, 2.45) is 0 Å². The van der Waals surface area contributed by atoms with Gasteiger partial charge < -0.3 is 10.0 Å². The Labute approximate surface area is 178 Å². The van der Waals surface area contributed by atoms with E-state index in [0.717, 1.165) is 24.0 Å². The van der Waals surface area contributed by atoms with Gasteiger partial charge in [-0.25, -0.2) is 4.98 Å². The van der Waals surface area contributed by atoms with Crippen LogP contribution in [-0.2, 0) is 5.41 Å². The van der Waals surface area contributed by atoms with Crippen LogP contribution in [0.4, 0.5) is 5.82 Å². The summed E-state index contributed by atoms with van der Waals surface area (Å²) in [6.45, 7) is 8.60. The summed E-state index contributed by atoms with van der Waals surface area (Å²) in [5.74, 6) is 0.929. The predicted molar refractivity (Wildman–Crippen MR) is 125 cm³/mol. The molecule has 3 aromatic rings. The summed E-state index contributed by atoms with van der Waals surface area (Å²) >= 11 is 1.81. The van der Waals surface area contributed by atoms with E-state index in [0.29, 0.717) is 6.04 Å². The molecule has 0 bridgehead atoms. The van der Waals surface area contributed by atoms with Crippen molar-refractivity contribution < 1.29 is 5.11 Å². The van der Waals surface area contributed by atoms with Crippen LogP contribution < -0.4 is 4.90 Å². The third-order valence-corrected chi connectivity index (χ3v) is 7.22. The normalized spacial score (nSPS) is 16.9. The van der Waals surface area contributed by atoms with Gasteiger partial charge in [-0.05, 0) is 48.4 Å². The van der Waals surface area contributed by atoms with E-state index >= 15 is 0 Å². The standard InChI is InChI=1S/C25H32N2OS/c1-17(28)27(20-8-6-5-7-9-20)24-21-16-23(29-22(21)14-15-26-24)18-10-12-19(13-11-18)25(2,3)4/h10-17,20,28H,5-9H2,1-4H3. The highest BCUT2D eigenvalue weighted by molar-refractivity contribution is 7.22. The van der Waals surface area contributed by atoms with Crippen molar-refractivity contribution in [1.82, 2.24) is 4.98 Å². The maximum atomic E-state index is 10.6. The molecule has 1 N–H and O–H groups in total. The van der Waals surface area contributed by atoms with Crippen molar-refractivity contribution in [3.63, 3.8) is 0 Å². The Kier molecular flexibility index (Phi) is 5.67. The molecule has 1 fully saturated rings. The maximum absolute atomic E-state index is 10.6. The number of hydrogen-bond acceptors (Lipinski definition) is 4. The van der Waals surface area contributed by atoms with Gasteiger partial charge >= 0.3 is 0 Å². The number of fused-ring (bicyclic) bond motifs is 1. The minimum Gasteiger partial charge on any atom is -0.374 e. The zero-order valence-electron chi connectivity index (χ0n) is 18.0. The fourth-order valence-corrected chi connectivity index (χ4v) is 5.50. The lowest BCUT2D eigenvalue weighted by molar-refractivity contribution is 0.167. The molecule has 0 radical (unpaired) electrons. The fraction of sp³-hybridized carbons (Fsp3) is 0.480. The highest BCUT2D eigenvalue weighted by Gasteiger charge is 2.27. The van der Waals surface area contributed by atoms with Crippen LogP contribution in [-0.4, -0.2) is 22.4 Å². The van der Waals surface area contributed by atoms with Gasteiger partial charge in [-0.2, -0.15) is 0 Å². The number of aliphatic hydroxyl groups excluding tert-OH is 1. The van der Waals surface area contributed by atoms with Gasteiger partial charge in [0.05, 0.1) is 0 Å². The summed E-state index contributed by atoms with van der Waals surface area (Å²) in [7, 11) is 0. The van der Waals surface area contributed by atoms with Crippen molar-refractivity contribution in [2.75, 3.05) is 4.90 Å². The lowest BCUT2D eigenvalue weighted by atomic mass is 9.86. The average molecular weight is 409 g/mol. The van der Waals surface area contributed by atoms with Gasteiger partial charge in [-0.1, -0.05) is 64.3 Å². The smallest absolute Gasteiger partial charge is 0.139 e. The van der Waals surface area contributed by atoms with Gasteiger partial charge in [0.15, 0.2) is 0 Å². The second kappa shape index (κ2) is 8.08. The topological polar surface area (TPSA) is 36.4 Å². The van der Waals surface area contributed by atoms with Crippen molar-refractivity contribution >= 4 is 27.2 Å². The molecule has 0 aliphatic heterocycles. The number of anilines is 1. The number of hydrogen-bond donors (Lipinski definition) is 1. The summed E-state index contributed by atoms with van der Waals surface area (Å²) in [5, 5.41) is 11.7. The van der Waals surface area contributed by atoms with Crippen LogP contribution in [0.2, 0.25) is 0 Å². The number of thiophene rings is 1. The van der Waals surface area contributed by atoms with Crippen molar-refractivity contribution in [1.29, 1.82) is 0 Å². The first-order valence-electron chi connectivity index (χ1n) is 10.8. The zero-order valence-corrected chi connectivity index (χ0v) is 18.8. The summed E-state index contributed by atoms with van der Waals surface area (Å²) in [4.78, 5) is 8.14. The van der Waals surface area contributed by atoms with Gasteiger partial charge in [0.25, 0.3) is 0 Å². The van der Waals surface area contributed by atoms with Crippen molar-refractivity contribution in [3.05, 3.63) is 48.2 Å². The van der Waals surface area contributed by atoms with E-state index in [9.17, 15) is 5.11 Å². The number of nitrogens with zero attached hydrogens (tertiary/aromatic N) is 2. The van der Waals surface area contributed by atoms with Crippen molar-refractivity contribution in [2.45, 2.75) is 77.5 Å². The molecular formula is C25H32N2OS. The summed E-state index contributed by atoms with van der Waals surface area (Å²) in [6, 6.07) is 13.7. The van der Waals surface area contributed by atoms with E-state index in [1.807, 2.05) is 13.1 Å². The number of rotatable bonds is 4. The molecule has 1 atom stereocenters. The average Bonchev–Trinajstić information content (AvgIpc) is 3.13. The molecule has 0 amide bonds. The molecule has 1 aliphatic rings. The minimum atomic E-state index is -0.536. The number of aliphatic hydroxyl groups is 1. The molecule has 1 aromatic carbocycles. The van der Waals surface area contributed by atoms with Gasteiger partial charge in [0, 0.05) is 27.2 Å². The fourth-order valence-electron chi connectivity index (χ4n) is 4.45. The van der Waals surface area contributed by atoms with Gasteiger partial charge in [0.2, 0.25) is 0 Å². The Morgan fingerprint density at radius 1 is 1.07 bits per heavy atom. The molecule has 154 valence electrons. The van der Waals surface area contributed by atoms with E-state index < -0.39 is 6.23 Å². The number of aromatic nitrogens is 1. The van der Waals surface area contributed by atoms with Gasteiger partial charge in [0.1, 0.15) is 12.0 Å². The Morgan fingerprint density at radius 3 is 2.38 bits per heavy atom. The van der Waals surface area contributed by atoms with E-state index in [4.69, 9.17) is 4.98 Å². The first-order chi connectivity index (χ1) is 13.8. The largest absolute Gasteiger partial charge is 0.374 e. The Bertz CT molecular complexity index is 963. The number of pyridine rings is 1. The zero-order chi connectivity index (χ0) is 20.6. The summed E-state index contributed by atoms with van der Waals surface area (Å²) < 4.78 is 1.23. The Hall–Kier alpha value is -1.91. The predicted octanol–water partition coefficient (Wildman–Crippen LogP) is 6.74. The molecule has 1 aliphatic carbocycles. The molecule has 0 spiro atoms. The molecule has 0 saturated heterocycles. The molecule has 2 heterocycles. The Morgan fingerprint density at radius 2 is 1.76 bits per heavy atom. The molecule has 3 nitrogen and oxygen atoms in total. The Balaban J connectivity index is 1.73. The third kappa shape index (κ3) is 4.19. The van der Waals surface area contributed by atoms with Crippen LogP contribution in [0.15, 0.2) is 42.6 Å². The lowest BCUT2D eigenvalue weighted by Gasteiger charge is -2.37. The van der Waals surface area contributed by atoms with Crippen LogP contribution in [0.25, 0.3) is 20.5 Å². The quantitative estimate of drug-likeness (QED) is 0.486. The maximum Gasteiger partial charge on any atom is 0.139 e. The van der Waals surface area contributed by atoms with E-state index in [1.54, 1.807) is 11.3 Å². The monoisotopic (exact) mass is 408 g/mol. The van der Waals surface area contributed by atoms with Crippen LogP contribution in [0.1, 0.15) is 65.4 Å². The minimum absolute atomic E-state index is 0.160. The van der Waals surface area contributed by atoms with Gasteiger partial charge in [-0.3, -0.25) is 0 Å². The highest BCUT2D eigenvalue weighted by Crippen LogP contribution is 2.39. The first-order valence-corrected chi connectivity index (χ1v) is 11.6. The second-order valence-electron chi connectivity index (χ2n) is 9.32. The van der Waals surface area contributed by atoms with Crippen LogP contribution in [0.3, 0.4) is 0 Å². The summed E-state index contributed by atoms with van der Waals surface area (Å²) in [6.07, 6.45) is 7.39. The molecule has 4 heteroatoms. The third-order valence-electron chi connectivity index (χ3n) is 6.08. The molecule has 2 aromatic heterocycles. The van der Waals surface area contributed by atoms with Crippen LogP contribution >= 0.6 is 11.3 Å². The highest BCUT2D eigenvalue weighted by atomic mass is 32.1. The van der Waals surface area contributed by atoms with Crippen LogP contribution in [0, 0.1) is 0 Å². The summed E-state index contributed by atoms with van der Waals surface area (Å²) in [5.41, 5.74) is 2.75. The molecule has 4 rings (SSSR count). The molecular weight excluding hydrogens is 376 g/mol. The van der Waals surface area contributed by atoms with E-state index in [2.05, 4.69) is 62.1 Å². The van der Waals surface area contributed by atoms with Gasteiger partial charge in [-0.15, -0.1) is 11.3 Å². The van der Waals surface area contributed by atoms with Crippen molar-refractivity contribution in [3.8, 4) is 10.4 Å². The van der Waals surface area contributed by atoms with E-state index in [-0.39, 0.29) is 5.41 Å². The SMILES string of the molecule is CC(O)N(c1nccc2sc(-c3ccc(C(C)(C)C)cc3)cc12)C1CCCCC1. The molecule has 1 unspecified atom stereocenters. The molecule has 29 heavy (non-hydrogen) atoms. The van der Waals surface area contributed by atoms with E-state index in [1.165, 1.54) is 40.0 Å².